The van der Waals surface area contributed by atoms with E-state index in [1.165, 1.54) is 20.3 Å². The Labute approximate surface area is 173 Å². The Bertz CT molecular complexity index is 1020. The molecule has 1 aromatic carbocycles. The van der Waals surface area contributed by atoms with E-state index in [4.69, 9.17) is 9.47 Å². The molecule has 162 valence electrons. The number of ether oxygens (including phenoxy) is 2. The number of aryl methyl sites for hydroxylation is 1. The molecule has 2 rings (SSSR count). The van der Waals surface area contributed by atoms with Gasteiger partial charge < -0.3 is 9.47 Å². The smallest absolute Gasteiger partial charge is 0.336 e. The van der Waals surface area contributed by atoms with Crippen molar-refractivity contribution in [3.8, 4) is 12.0 Å². The summed E-state index contributed by atoms with van der Waals surface area (Å²) in [5, 5.41) is 2.15. The Morgan fingerprint density at radius 1 is 1.07 bits per heavy atom. The van der Waals surface area contributed by atoms with E-state index in [9.17, 15) is 18.0 Å². The van der Waals surface area contributed by atoms with E-state index < -0.39 is 16.2 Å². The van der Waals surface area contributed by atoms with Crippen LogP contribution in [-0.2, 0) is 10.2 Å². The van der Waals surface area contributed by atoms with Gasteiger partial charge in [0.15, 0.2) is 5.78 Å². The molecular formula is C17H22N6O6S. The summed E-state index contributed by atoms with van der Waals surface area (Å²) in [6, 6.07) is 3.38. The molecular weight excluding hydrogens is 416 g/mol. The second-order valence-electron chi connectivity index (χ2n) is 5.96. The van der Waals surface area contributed by atoms with Crippen molar-refractivity contribution < 1.29 is 27.5 Å². The lowest BCUT2D eigenvalue weighted by Crippen LogP contribution is -2.39. The number of urea groups is 1. The number of Topliss-reactive ketones (excluding diaryl/α,β-unsaturated/α-hetero) is 1. The fourth-order valence-electron chi connectivity index (χ4n) is 2.38. The molecule has 2 amide bonds. The molecule has 30 heavy (non-hydrogen) atoms. The molecule has 0 atom stereocenters. The molecule has 0 bridgehead atoms. The number of hydrogen-bond acceptors (Lipinski definition) is 9. The normalized spacial score (nSPS) is 10.8. The number of nitrogens with one attached hydrogen (secondary N) is 3. The monoisotopic (exact) mass is 438 g/mol. The van der Waals surface area contributed by atoms with Crippen LogP contribution in [-0.4, -0.2) is 49.4 Å². The van der Waals surface area contributed by atoms with Crippen molar-refractivity contribution in [3.63, 3.8) is 0 Å². The minimum atomic E-state index is -4.38. The van der Waals surface area contributed by atoms with E-state index >= 15 is 0 Å². The van der Waals surface area contributed by atoms with Crippen molar-refractivity contribution in [1.82, 2.24) is 19.7 Å². The quantitative estimate of drug-likeness (QED) is 0.494. The predicted molar refractivity (Wildman–Crippen MR) is 108 cm³/mol. The standard InChI is InChI=1S/C17H22N6O6S/c1-5-7-12(24)11-9-6-8-10(2)13(11)22-30(26,27)23-15(25)18-14-19-16(28-3)21-17(20-14)29-4/h6,8-9,22H,5,7H2,1-4H3,(H2,18,19,20,21,23,25). The summed E-state index contributed by atoms with van der Waals surface area (Å²) in [4.78, 5) is 35.7. The average Bonchev–Trinajstić information content (AvgIpc) is 2.68. The van der Waals surface area contributed by atoms with Crippen LogP contribution in [0.25, 0.3) is 0 Å². The van der Waals surface area contributed by atoms with Gasteiger partial charge in [-0.2, -0.15) is 18.4 Å². The van der Waals surface area contributed by atoms with Gasteiger partial charge in [-0.05, 0) is 25.0 Å². The SMILES string of the molecule is CCCC(=O)c1cccc(C)c1NS(=O)(=O)NC(=O)Nc1nc(OC)nc(OC)n1. The molecule has 2 aromatic rings. The molecule has 13 heteroatoms. The van der Waals surface area contributed by atoms with Gasteiger partial charge in [0.1, 0.15) is 0 Å². The van der Waals surface area contributed by atoms with Gasteiger partial charge in [-0.25, -0.2) is 9.52 Å². The molecule has 0 radical (unpaired) electrons. The van der Waals surface area contributed by atoms with Crippen LogP contribution in [0.3, 0.4) is 0 Å². The number of methoxy groups -OCH3 is 2. The summed E-state index contributed by atoms with van der Waals surface area (Å²) in [5.74, 6) is -0.506. The second kappa shape index (κ2) is 9.82. The zero-order valence-corrected chi connectivity index (χ0v) is 17.7. The van der Waals surface area contributed by atoms with Gasteiger partial charge in [0.05, 0.1) is 19.9 Å². The number of para-hydroxylation sites is 1. The number of ketones is 1. The number of rotatable bonds is 9. The highest BCUT2D eigenvalue weighted by Crippen LogP contribution is 2.23. The van der Waals surface area contributed by atoms with E-state index in [2.05, 4.69) is 25.0 Å². The fourth-order valence-corrected chi connectivity index (χ4v) is 3.27. The van der Waals surface area contributed by atoms with Gasteiger partial charge in [-0.15, -0.1) is 4.98 Å². The molecule has 0 fully saturated rings. The molecule has 0 unspecified atom stereocenters. The largest absolute Gasteiger partial charge is 0.467 e. The molecule has 1 heterocycles. The maximum Gasteiger partial charge on any atom is 0.336 e. The van der Waals surface area contributed by atoms with E-state index in [1.54, 1.807) is 23.8 Å². The van der Waals surface area contributed by atoms with Crippen molar-refractivity contribution in [2.24, 2.45) is 0 Å². The molecule has 0 spiro atoms. The lowest BCUT2D eigenvalue weighted by molar-refractivity contribution is 0.0982. The number of hydrogen-bond donors (Lipinski definition) is 3. The topological polar surface area (TPSA) is 162 Å². The number of benzene rings is 1. The molecule has 0 saturated carbocycles. The maximum atomic E-state index is 12.4. The summed E-state index contributed by atoms with van der Waals surface area (Å²) >= 11 is 0. The molecule has 0 aliphatic carbocycles. The minimum absolute atomic E-state index is 0.0970. The van der Waals surface area contributed by atoms with Crippen molar-refractivity contribution in [3.05, 3.63) is 29.3 Å². The van der Waals surface area contributed by atoms with Crippen LogP contribution in [0.5, 0.6) is 12.0 Å². The van der Waals surface area contributed by atoms with Crippen LogP contribution in [0.2, 0.25) is 0 Å². The summed E-state index contributed by atoms with van der Waals surface area (Å²) in [6.45, 7) is 3.48. The van der Waals surface area contributed by atoms with E-state index in [1.807, 2.05) is 6.92 Å². The molecule has 0 aliphatic heterocycles. The van der Waals surface area contributed by atoms with E-state index in [0.29, 0.717) is 12.0 Å². The van der Waals surface area contributed by atoms with E-state index in [0.717, 1.165) is 0 Å². The molecule has 0 aliphatic rings. The van der Waals surface area contributed by atoms with Crippen LogP contribution >= 0.6 is 0 Å². The van der Waals surface area contributed by atoms with Crippen molar-refractivity contribution in [2.75, 3.05) is 24.3 Å². The third-order valence-corrected chi connectivity index (χ3v) is 4.63. The zero-order valence-electron chi connectivity index (χ0n) is 16.8. The number of amides is 2. The van der Waals surface area contributed by atoms with Crippen LogP contribution in [0.1, 0.15) is 35.7 Å². The highest BCUT2D eigenvalue weighted by Gasteiger charge is 2.21. The first kappa shape index (κ1) is 22.8. The Morgan fingerprint density at radius 2 is 1.70 bits per heavy atom. The first-order valence-corrected chi connectivity index (χ1v) is 10.3. The van der Waals surface area contributed by atoms with E-state index in [-0.39, 0.29) is 41.4 Å². The second-order valence-corrected chi connectivity index (χ2v) is 7.38. The van der Waals surface area contributed by atoms with Crippen LogP contribution in [0.4, 0.5) is 16.4 Å². The van der Waals surface area contributed by atoms with Crippen molar-refractivity contribution >= 4 is 33.7 Å². The van der Waals surface area contributed by atoms with Gasteiger partial charge in [0, 0.05) is 12.0 Å². The Kier molecular flexibility index (Phi) is 7.47. The summed E-state index contributed by atoms with van der Waals surface area (Å²) in [7, 11) is -1.78. The molecule has 3 N–H and O–H groups in total. The van der Waals surface area contributed by atoms with Crippen LogP contribution in [0.15, 0.2) is 18.2 Å². The average molecular weight is 438 g/mol. The molecule has 0 saturated heterocycles. The predicted octanol–water partition coefficient (Wildman–Crippen LogP) is 1.66. The van der Waals surface area contributed by atoms with Crippen molar-refractivity contribution in [2.45, 2.75) is 26.7 Å². The first-order chi connectivity index (χ1) is 14.2. The van der Waals surface area contributed by atoms with Gasteiger partial charge in [-0.3, -0.25) is 14.8 Å². The lowest BCUT2D eigenvalue weighted by Gasteiger charge is -2.15. The van der Waals surface area contributed by atoms with Gasteiger partial charge in [0.2, 0.25) is 5.95 Å². The maximum absolute atomic E-state index is 12.4. The molecule has 1 aromatic heterocycles. The third kappa shape index (κ3) is 6.01. The number of carbonyl (C=O) groups is 2. The van der Waals surface area contributed by atoms with Gasteiger partial charge >= 0.3 is 28.3 Å². The fraction of sp³-hybridized carbons (Fsp3) is 0.353. The summed E-state index contributed by atoms with van der Waals surface area (Å²) < 4.78 is 38.6. The molecule has 12 nitrogen and oxygen atoms in total. The van der Waals surface area contributed by atoms with Gasteiger partial charge in [0.25, 0.3) is 0 Å². The highest BCUT2D eigenvalue weighted by atomic mass is 32.2. The third-order valence-electron chi connectivity index (χ3n) is 3.70. The zero-order chi connectivity index (χ0) is 22.3. The lowest BCUT2D eigenvalue weighted by atomic mass is 10.0. The van der Waals surface area contributed by atoms with Crippen LogP contribution < -0.4 is 24.2 Å². The summed E-state index contributed by atoms with van der Waals surface area (Å²) in [5.41, 5.74) is 0.837. The number of aromatic nitrogens is 3. The Morgan fingerprint density at radius 3 is 2.27 bits per heavy atom. The Balaban J connectivity index is 2.18. The Hall–Kier alpha value is -3.48. The van der Waals surface area contributed by atoms with Gasteiger partial charge in [-0.1, -0.05) is 19.1 Å². The first-order valence-electron chi connectivity index (χ1n) is 8.77. The van der Waals surface area contributed by atoms with Crippen molar-refractivity contribution in [1.29, 1.82) is 0 Å². The number of anilines is 2. The number of carbonyl (C=O) groups excluding carboxylic acids is 2. The highest BCUT2D eigenvalue weighted by molar-refractivity contribution is 7.91. The van der Waals surface area contributed by atoms with Crippen LogP contribution in [0, 0.1) is 6.92 Å². The number of nitrogens with zero attached hydrogens (tertiary/aromatic N) is 3. The summed E-state index contributed by atoms with van der Waals surface area (Å²) in [6.07, 6.45) is 0.869. The minimum Gasteiger partial charge on any atom is -0.467 e.